The lowest BCUT2D eigenvalue weighted by Crippen LogP contribution is -2.29. The van der Waals surface area contributed by atoms with Crippen LogP contribution in [0.15, 0.2) is 0 Å². The Kier molecular flexibility index (Phi) is 1.60. The van der Waals surface area contributed by atoms with E-state index in [0.717, 1.165) is 12.8 Å². The molecule has 1 aliphatic heterocycles. The molecule has 2 rings (SSSR count). The molecule has 0 bridgehead atoms. The second kappa shape index (κ2) is 2.48. The first kappa shape index (κ1) is 7.10. The summed E-state index contributed by atoms with van der Waals surface area (Å²) in [6.07, 6.45) is 2.76. The average Bonchev–Trinajstić information content (AvgIpc) is 2.27. The van der Waals surface area contributed by atoms with Gasteiger partial charge in [-0.3, -0.25) is 4.79 Å². The van der Waals surface area contributed by atoms with Gasteiger partial charge in [0.1, 0.15) is 6.10 Å². The van der Waals surface area contributed by atoms with Gasteiger partial charge in [-0.05, 0) is 12.8 Å². The molecule has 11 heavy (non-hydrogen) atoms. The van der Waals surface area contributed by atoms with E-state index in [1.54, 1.807) is 0 Å². The zero-order valence-electron chi connectivity index (χ0n) is 6.32. The van der Waals surface area contributed by atoms with Crippen LogP contribution in [0.2, 0.25) is 0 Å². The number of esters is 1. The highest BCUT2D eigenvalue weighted by Crippen LogP contribution is 2.34. The summed E-state index contributed by atoms with van der Waals surface area (Å²) in [5.74, 6) is 0.306. The summed E-state index contributed by atoms with van der Waals surface area (Å²) in [6, 6.07) is 0. The number of ether oxygens (including phenoxy) is 1. The van der Waals surface area contributed by atoms with Crippen molar-refractivity contribution >= 4 is 5.97 Å². The molecular formula is C8H12O3. The minimum absolute atomic E-state index is 0.0197. The van der Waals surface area contributed by atoms with Crippen molar-refractivity contribution in [2.24, 2.45) is 5.92 Å². The highest BCUT2D eigenvalue weighted by Gasteiger charge is 2.38. The van der Waals surface area contributed by atoms with Crippen molar-refractivity contribution in [3.8, 4) is 0 Å². The molecule has 62 valence electrons. The quantitative estimate of drug-likeness (QED) is 0.518. The fraction of sp³-hybridized carbons (Fsp3) is 0.875. The van der Waals surface area contributed by atoms with E-state index in [1.807, 2.05) is 0 Å². The molecule has 1 saturated carbocycles. The molecule has 1 saturated heterocycles. The number of aliphatic hydroxyl groups excluding tert-OH is 1. The van der Waals surface area contributed by atoms with Gasteiger partial charge in [0.05, 0.1) is 12.5 Å². The van der Waals surface area contributed by atoms with E-state index in [2.05, 4.69) is 0 Å². The molecule has 0 spiro atoms. The molecule has 3 nitrogen and oxygen atoms in total. The minimum Gasteiger partial charge on any atom is -0.462 e. The van der Waals surface area contributed by atoms with Crippen LogP contribution in [-0.4, -0.2) is 23.3 Å². The lowest BCUT2D eigenvalue weighted by molar-refractivity contribution is -0.142. The van der Waals surface area contributed by atoms with Crippen LogP contribution in [0.25, 0.3) is 0 Å². The van der Waals surface area contributed by atoms with Crippen LogP contribution in [0.4, 0.5) is 0 Å². The number of carbonyl (C=O) groups is 1. The van der Waals surface area contributed by atoms with Crippen LogP contribution in [0.1, 0.15) is 25.7 Å². The van der Waals surface area contributed by atoms with Crippen LogP contribution in [-0.2, 0) is 9.53 Å². The second-order valence-electron chi connectivity index (χ2n) is 3.46. The Balaban J connectivity index is 2.02. The van der Waals surface area contributed by atoms with Gasteiger partial charge in [0.15, 0.2) is 0 Å². The summed E-state index contributed by atoms with van der Waals surface area (Å²) in [5.41, 5.74) is 0. The lowest BCUT2D eigenvalue weighted by atomic mass is 9.85. The molecule has 0 aromatic rings. The Morgan fingerprint density at radius 1 is 1.45 bits per heavy atom. The third-order valence-corrected chi connectivity index (χ3v) is 2.61. The van der Waals surface area contributed by atoms with E-state index in [9.17, 15) is 9.90 Å². The zero-order chi connectivity index (χ0) is 7.84. The Bertz CT molecular complexity index is 178. The minimum atomic E-state index is -0.248. The first-order valence-electron chi connectivity index (χ1n) is 4.13. The predicted octanol–water partition coefficient (Wildman–Crippen LogP) is 0.463. The predicted molar refractivity (Wildman–Crippen MR) is 37.8 cm³/mol. The topological polar surface area (TPSA) is 46.5 Å². The molecule has 0 amide bonds. The van der Waals surface area contributed by atoms with Crippen molar-refractivity contribution in [3.63, 3.8) is 0 Å². The van der Waals surface area contributed by atoms with Gasteiger partial charge in [0, 0.05) is 12.3 Å². The normalized spacial score (nSPS) is 43.4. The Morgan fingerprint density at radius 3 is 3.09 bits per heavy atom. The summed E-state index contributed by atoms with van der Waals surface area (Å²) >= 11 is 0. The van der Waals surface area contributed by atoms with E-state index in [-0.39, 0.29) is 18.2 Å². The van der Waals surface area contributed by atoms with E-state index < -0.39 is 0 Å². The van der Waals surface area contributed by atoms with Crippen LogP contribution >= 0.6 is 0 Å². The number of hydrogen-bond donors (Lipinski definition) is 1. The number of aliphatic hydroxyl groups is 1. The molecule has 1 aliphatic carbocycles. The van der Waals surface area contributed by atoms with Gasteiger partial charge in [-0.15, -0.1) is 0 Å². The number of rotatable bonds is 0. The maximum atomic E-state index is 10.8. The highest BCUT2D eigenvalue weighted by molar-refractivity contribution is 5.72. The van der Waals surface area contributed by atoms with E-state index >= 15 is 0 Å². The molecule has 0 unspecified atom stereocenters. The van der Waals surface area contributed by atoms with Crippen LogP contribution in [0.5, 0.6) is 0 Å². The molecule has 2 fully saturated rings. The van der Waals surface area contributed by atoms with Gasteiger partial charge in [0.25, 0.3) is 0 Å². The van der Waals surface area contributed by atoms with Gasteiger partial charge in [0.2, 0.25) is 0 Å². The number of fused-ring (bicyclic) bond motifs is 1. The molecule has 1 heterocycles. The molecule has 0 radical (unpaired) electrons. The standard InChI is InChI=1S/C8H12O3/c9-6-2-1-5-3-8(10)11-7(5)4-6/h5-7,9H,1-4H2/t5-,6+,7-/m1/s1. The summed E-state index contributed by atoms with van der Waals surface area (Å²) in [6.45, 7) is 0. The van der Waals surface area contributed by atoms with Crippen molar-refractivity contribution < 1.29 is 14.6 Å². The van der Waals surface area contributed by atoms with Gasteiger partial charge in [-0.2, -0.15) is 0 Å². The molecule has 3 atom stereocenters. The smallest absolute Gasteiger partial charge is 0.306 e. The van der Waals surface area contributed by atoms with Crippen LogP contribution in [0.3, 0.4) is 0 Å². The lowest BCUT2D eigenvalue weighted by Gasteiger charge is -2.26. The van der Waals surface area contributed by atoms with E-state index in [4.69, 9.17) is 4.74 Å². The molecule has 2 aliphatic rings. The monoisotopic (exact) mass is 156 g/mol. The summed E-state index contributed by atoms with van der Waals surface area (Å²) in [5, 5.41) is 9.25. The third-order valence-electron chi connectivity index (χ3n) is 2.61. The van der Waals surface area contributed by atoms with Crippen LogP contribution in [0, 0.1) is 5.92 Å². The second-order valence-corrected chi connectivity index (χ2v) is 3.46. The van der Waals surface area contributed by atoms with Crippen molar-refractivity contribution in [3.05, 3.63) is 0 Å². The van der Waals surface area contributed by atoms with Gasteiger partial charge < -0.3 is 9.84 Å². The zero-order valence-corrected chi connectivity index (χ0v) is 6.32. The van der Waals surface area contributed by atoms with E-state index in [0.29, 0.717) is 18.8 Å². The highest BCUT2D eigenvalue weighted by atomic mass is 16.6. The Morgan fingerprint density at radius 2 is 2.27 bits per heavy atom. The summed E-state index contributed by atoms with van der Waals surface area (Å²) in [7, 11) is 0. The molecular weight excluding hydrogens is 144 g/mol. The fourth-order valence-electron chi connectivity index (χ4n) is 1.98. The van der Waals surface area contributed by atoms with Gasteiger partial charge >= 0.3 is 5.97 Å². The third kappa shape index (κ3) is 1.25. The molecule has 0 aromatic carbocycles. The van der Waals surface area contributed by atoms with Gasteiger partial charge in [-0.1, -0.05) is 0 Å². The largest absolute Gasteiger partial charge is 0.462 e. The SMILES string of the molecule is O=C1C[C@H]2CC[C@H](O)C[C@H]2O1. The number of hydrogen-bond acceptors (Lipinski definition) is 3. The van der Waals surface area contributed by atoms with Crippen molar-refractivity contribution in [2.45, 2.75) is 37.9 Å². The Hall–Kier alpha value is -0.570. The fourth-order valence-corrected chi connectivity index (χ4v) is 1.98. The summed E-state index contributed by atoms with van der Waals surface area (Å²) in [4.78, 5) is 10.8. The number of carbonyl (C=O) groups excluding carboxylic acids is 1. The maximum absolute atomic E-state index is 10.8. The van der Waals surface area contributed by atoms with E-state index in [1.165, 1.54) is 0 Å². The van der Waals surface area contributed by atoms with Gasteiger partial charge in [-0.25, -0.2) is 0 Å². The van der Waals surface area contributed by atoms with Crippen molar-refractivity contribution in [1.82, 2.24) is 0 Å². The first-order valence-corrected chi connectivity index (χ1v) is 4.13. The van der Waals surface area contributed by atoms with Crippen molar-refractivity contribution in [1.29, 1.82) is 0 Å². The first-order chi connectivity index (χ1) is 5.25. The van der Waals surface area contributed by atoms with Crippen LogP contribution < -0.4 is 0 Å². The molecule has 3 heteroatoms. The summed E-state index contributed by atoms with van der Waals surface area (Å²) < 4.78 is 5.04. The van der Waals surface area contributed by atoms with Crippen molar-refractivity contribution in [2.75, 3.05) is 0 Å². The maximum Gasteiger partial charge on any atom is 0.306 e. The Labute approximate surface area is 65.4 Å². The average molecular weight is 156 g/mol. The molecule has 0 aromatic heterocycles. The molecule has 1 N–H and O–H groups in total.